The predicted octanol–water partition coefficient (Wildman–Crippen LogP) is 23.3. The van der Waals surface area contributed by atoms with Crippen LogP contribution < -0.4 is 0 Å². The van der Waals surface area contributed by atoms with Gasteiger partial charge >= 0.3 is 39.5 Å². The maximum Gasteiger partial charge on any atom is 0.472 e. The molecule has 19 heteroatoms. The van der Waals surface area contributed by atoms with E-state index in [1.54, 1.807) is 0 Å². The third kappa shape index (κ3) is 74.0. The summed E-state index contributed by atoms with van der Waals surface area (Å²) in [4.78, 5) is 73.0. The molecule has 0 aromatic rings. The molecule has 0 aliphatic heterocycles. The molecule has 0 rings (SSSR count). The third-order valence-corrected chi connectivity index (χ3v) is 18.6. The van der Waals surface area contributed by atoms with Gasteiger partial charge < -0.3 is 33.8 Å². The van der Waals surface area contributed by atoms with Crippen LogP contribution in [0.25, 0.3) is 0 Å². The zero-order valence-corrected chi connectivity index (χ0v) is 66.0. The van der Waals surface area contributed by atoms with Crippen molar-refractivity contribution in [3.05, 3.63) is 109 Å². The number of phosphoric acid groups is 2. The summed E-state index contributed by atoms with van der Waals surface area (Å²) < 4.78 is 68.6. The molecule has 0 fully saturated rings. The molecule has 0 aromatic heterocycles. The van der Waals surface area contributed by atoms with E-state index in [0.717, 1.165) is 205 Å². The Bertz CT molecular complexity index is 2360. The van der Waals surface area contributed by atoms with Crippen LogP contribution in [0.2, 0.25) is 0 Å². The molecule has 588 valence electrons. The van der Waals surface area contributed by atoms with Crippen molar-refractivity contribution < 1.29 is 80.2 Å². The van der Waals surface area contributed by atoms with Crippen molar-refractivity contribution in [1.82, 2.24) is 0 Å². The van der Waals surface area contributed by atoms with Crippen molar-refractivity contribution in [3.8, 4) is 0 Å². The highest BCUT2D eigenvalue weighted by molar-refractivity contribution is 7.47. The quantitative estimate of drug-likeness (QED) is 0.0169. The molecule has 0 aromatic carbocycles. The minimum Gasteiger partial charge on any atom is -0.462 e. The van der Waals surface area contributed by atoms with Crippen molar-refractivity contribution in [1.29, 1.82) is 0 Å². The van der Waals surface area contributed by atoms with E-state index in [9.17, 15) is 43.2 Å². The second-order valence-electron chi connectivity index (χ2n) is 26.6. The first kappa shape index (κ1) is 97.7. The molecule has 3 N–H and O–H groups in total. The topological polar surface area (TPSA) is 237 Å². The summed E-state index contributed by atoms with van der Waals surface area (Å²) in [7, 11) is -9.96. The number of aliphatic hydroxyl groups is 1. The molecule has 0 heterocycles. The molecule has 102 heavy (non-hydrogen) atoms. The first-order valence-electron chi connectivity index (χ1n) is 40.1. The van der Waals surface area contributed by atoms with Gasteiger partial charge in [0.1, 0.15) is 19.3 Å². The molecule has 0 spiro atoms. The van der Waals surface area contributed by atoms with Gasteiger partial charge in [0.05, 0.1) is 26.4 Å². The summed E-state index contributed by atoms with van der Waals surface area (Å²) >= 11 is 0. The van der Waals surface area contributed by atoms with Crippen molar-refractivity contribution in [2.24, 2.45) is 0 Å². The van der Waals surface area contributed by atoms with Crippen LogP contribution in [-0.2, 0) is 65.4 Å². The molecule has 5 unspecified atom stereocenters. The van der Waals surface area contributed by atoms with Crippen LogP contribution in [0.3, 0.4) is 0 Å². The number of unbranched alkanes of at least 4 members (excludes halogenated alkanes) is 31. The monoisotopic (exact) mass is 1470 g/mol. The molecule has 0 saturated heterocycles. The van der Waals surface area contributed by atoms with Crippen molar-refractivity contribution in [2.75, 3.05) is 39.6 Å². The summed E-state index contributed by atoms with van der Waals surface area (Å²) in [6, 6.07) is 0. The van der Waals surface area contributed by atoms with Crippen LogP contribution in [-0.4, -0.2) is 96.7 Å². The lowest BCUT2D eigenvalue weighted by molar-refractivity contribution is -0.161. The molecule has 0 aliphatic carbocycles. The number of carbonyl (C=O) groups is 4. The summed E-state index contributed by atoms with van der Waals surface area (Å²) in [6.07, 6.45) is 80.6. The molecular formula is C83H144O17P2. The van der Waals surface area contributed by atoms with Gasteiger partial charge in [-0.2, -0.15) is 0 Å². The molecular weight excluding hydrogens is 1330 g/mol. The molecule has 0 bridgehead atoms. The van der Waals surface area contributed by atoms with Crippen LogP contribution in [0.15, 0.2) is 109 Å². The van der Waals surface area contributed by atoms with Gasteiger partial charge in [0.15, 0.2) is 12.2 Å². The maximum absolute atomic E-state index is 13.1. The first-order valence-corrected chi connectivity index (χ1v) is 43.1. The van der Waals surface area contributed by atoms with E-state index in [1.807, 2.05) is 0 Å². The van der Waals surface area contributed by atoms with Gasteiger partial charge in [-0.1, -0.05) is 272 Å². The fourth-order valence-corrected chi connectivity index (χ4v) is 12.1. The summed E-state index contributed by atoms with van der Waals surface area (Å²) in [5.41, 5.74) is 0. The summed E-state index contributed by atoms with van der Waals surface area (Å²) in [5, 5.41) is 10.6. The fourth-order valence-electron chi connectivity index (χ4n) is 10.5. The largest absolute Gasteiger partial charge is 0.472 e. The minimum atomic E-state index is -4.98. The van der Waals surface area contributed by atoms with Crippen LogP contribution in [0.4, 0.5) is 0 Å². The van der Waals surface area contributed by atoms with Crippen LogP contribution in [0.5, 0.6) is 0 Å². The van der Waals surface area contributed by atoms with Crippen molar-refractivity contribution >= 4 is 39.5 Å². The number of allylic oxidation sites excluding steroid dienone is 18. The van der Waals surface area contributed by atoms with Gasteiger partial charge in [-0.15, -0.1) is 0 Å². The average molecular weight is 1480 g/mol. The van der Waals surface area contributed by atoms with Crippen LogP contribution in [0, 0.1) is 0 Å². The number of phosphoric ester groups is 2. The van der Waals surface area contributed by atoms with E-state index >= 15 is 0 Å². The second-order valence-corrected chi connectivity index (χ2v) is 29.5. The number of carbonyl (C=O) groups excluding carboxylic acids is 4. The fraction of sp³-hybridized carbons (Fsp3) is 0.735. The SMILES string of the molecule is CC/C=C\C/C=C\C/C=C\CCCCCCCCCC(=O)OCC(COP(=O)(O)OCC(O)COP(=O)(O)OCC(COC(=O)CCCCCCCC/C=C\C/C=C\C/C=C\CCCCC)OC(=O)CCCCCCC/C=C\CCCC)OC(=O)CCCCCCC/C=C\C/C=C\CCCCC. The Hall–Kier alpha value is -4.28. The number of aliphatic hydroxyl groups excluding tert-OH is 1. The summed E-state index contributed by atoms with van der Waals surface area (Å²) in [6.45, 7) is 4.65. The first-order chi connectivity index (χ1) is 49.7. The number of hydrogen-bond donors (Lipinski definition) is 3. The van der Waals surface area contributed by atoms with E-state index < -0.39 is 97.5 Å². The Morgan fingerprint density at radius 2 is 0.520 bits per heavy atom. The Morgan fingerprint density at radius 1 is 0.284 bits per heavy atom. The highest BCUT2D eigenvalue weighted by Gasteiger charge is 2.30. The standard InChI is InChI=1S/C83H144O17P2/c1-5-9-13-17-21-25-29-32-35-37-38-40-43-45-49-52-56-60-64-68-80(85)93-73-78(99-82(87)69-65-61-57-53-47-28-24-20-16-12-8-4)75-97-101(89,90)95-71-77(84)72-96-102(91,92)98-76-79(100-83(88)70-66-62-58-54-50-46-41-34-31-27-23-19-15-11-7-3)74-94-81(86)67-63-59-55-51-48-44-42-39-36-33-30-26-22-18-14-10-6-2/h10,14,20-27,32-36,38,40-41,77-79,84H,5-9,11-13,15-19,28-31,37,39,42-76H2,1-4H3,(H,89,90)(H,91,92)/b14-10-,24-20-,25-21-,26-22-,27-23-,35-32-,36-33-,40-38-,41-34-. The highest BCUT2D eigenvalue weighted by atomic mass is 31.2. The number of rotatable bonds is 75. The lowest BCUT2D eigenvalue weighted by Crippen LogP contribution is -2.30. The van der Waals surface area contributed by atoms with Gasteiger partial charge in [-0.05, 0) is 148 Å². The van der Waals surface area contributed by atoms with E-state index in [0.29, 0.717) is 25.7 Å². The lowest BCUT2D eigenvalue weighted by atomic mass is 10.1. The minimum absolute atomic E-state index is 0.0758. The second kappa shape index (κ2) is 75.0. The lowest BCUT2D eigenvalue weighted by Gasteiger charge is -2.21. The molecule has 0 saturated carbocycles. The van der Waals surface area contributed by atoms with Crippen molar-refractivity contribution in [2.45, 2.75) is 354 Å². The Kier molecular flexibility index (Phi) is 71.8. The molecule has 5 atom stereocenters. The van der Waals surface area contributed by atoms with Crippen LogP contribution >= 0.6 is 15.6 Å². The highest BCUT2D eigenvalue weighted by Crippen LogP contribution is 2.45. The number of ether oxygens (including phenoxy) is 4. The van der Waals surface area contributed by atoms with Gasteiger partial charge in [0.25, 0.3) is 0 Å². The molecule has 0 aliphatic rings. The van der Waals surface area contributed by atoms with E-state index in [4.69, 9.17) is 37.0 Å². The molecule has 0 amide bonds. The normalized spacial score (nSPS) is 14.5. The maximum atomic E-state index is 13.1. The number of esters is 4. The zero-order chi connectivity index (χ0) is 74.6. The van der Waals surface area contributed by atoms with E-state index in [-0.39, 0.29) is 25.7 Å². The Balaban J connectivity index is 5.33. The Labute approximate surface area is 619 Å². The Morgan fingerprint density at radius 3 is 0.824 bits per heavy atom. The van der Waals surface area contributed by atoms with E-state index in [2.05, 4.69) is 137 Å². The smallest absolute Gasteiger partial charge is 0.462 e. The molecule has 17 nitrogen and oxygen atoms in total. The van der Waals surface area contributed by atoms with Crippen molar-refractivity contribution in [3.63, 3.8) is 0 Å². The summed E-state index contributed by atoms with van der Waals surface area (Å²) in [5.74, 6) is -2.21. The zero-order valence-electron chi connectivity index (χ0n) is 64.3. The van der Waals surface area contributed by atoms with Gasteiger partial charge in [0, 0.05) is 25.7 Å². The average Bonchev–Trinajstić information content (AvgIpc) is 0.944. The predicted molar refractivity (Wildman–Crippen MR) is 418 cm³/mol. The van der Waals surface area contributed by atoms with Gasteiger partial charge in [0.2, 0.25) is 0 Å². The van der Waals surface area contributed by atoms with E-state index in [1.165, 1.54) is 51.4 Å². The van der Waals surface area contributed by atoms with Gasteiger partial charge in [-0.25, -0.2) is 9.13 Å². The molecule has 0 radical (unpaired) electrons. The number of hydrogen-bond acceptors (Lipinski definition) is 15. The van der Waals surface area contributed by atoms with Gasteiger partial charge in [-0.3, -0.25) is 37.3 Å². The van der Waals surface area contributed by atoms with Crippen LogP contribution in [0.1, 0.15) is 336 Å². The third-order valence-electron chi connectivity index (χ3n) is 16.7.